The van der Waals surface area contributed by atoms with Crippen molar-refractivity contribution in [2.45, 2.75) is 0 Å². The van der Waals surface area contributed by atoms with Gasteiger partial charge >= 0.3 is 0 Å². The summed E-state index contributed by atoms with van der Waals surface area (Å²) >= 11 is 7.00. The number of hydrogen-bond donors (Lipinski definition) is 0. The maximum Gasteiger partial charge on any atom is 0.267 e. The number of hydrogen-bond acceptors (Lipinski definition) is 3. The lowest BCUT2D eigenvalue weighted by Crippen LogP contribution is -2.17. The molecule has 0 saturated heterocycles. The van der Waals surface area contributed by atoms with Crippen LogP contribution in [0.3, 0.4) is 0 Å². The zero-order valence-electron chi connectivity index (χ0n) is 13.9. The number of benzene rings is 2. The highest BCUT2D eigenvalue weighted by atomic mass is 79.9. The van der Waals surface area contributed by atoms with Crippen molar-refractivity contribution in [2.75, 3.05) is 0 Å². The summed E-state index contributed by atoms with van der Waals surface area (Å²) in [6.45, 7) is 0. The lowest BCUT2D eigenvalue weighted by Gasteiger charge is -2.12. The fourth-order valence-corrected chi connectivity index (χ4v) is 4.67. The second-order valence-electron chi connectivity index (χ2n) is 6.20. The largest absolute Gasteiger partial charge is 0.268 e. The van der Waals surface area contributed by atoms with Gasteiger partial charge in [0.1, 0.15) is 11.3 Å². The van der Waals surface area contributed by atoms with Crippen molar-refractivity contribution < 1.29 is 0 Å². The van der Waals surface area contributed by atoms with Gasteiger partial charge in [0, 0.05) is 26.1 Å². The molecule has 27 heavy (non-hydrogen) atoms. The molecule has 0 fully saturated rings. The molecule has 0 amide bonds. The monoisotopic (exact) mass is 479 g/mol. The maximum atomic E-state index is 13.4. The minimum Gasteiger partial charge on any atom is -0.268 e. The minimum absolute atomic E-state index is 0.140. The van der Waals surface area contributed by atoms with Gasteiger partial charge in [0.2, 0.25) is 0 Å². The van der Waals surface area contributed by atoms with Crippen molar-refractivity contribution in [3.63, 3.8) is 0 Å². The first-order valence-corrected chi connectivity index (χ1v) is 9.87. The van der Waals surface area contributed by atoms with Gasteiger partial charge in [0.05, 0.1) is 10.9 Å². The zero-order valence-corrected chi connectivity index (χ0v) is 17.0. The molecule has 4 nitrogen and oxygen atoms in total. The molecule has 0 aliphatic heterocycles. The van der Waals surface area contributed by atoms with E-state index < -0.39 is 0 Å². The first-order chi connectivity index (χ1) is 13.1. The predicted molar refractivity (Wildman–Crippen MR) is 115 cm³/mol. The molecule has 0 spiro atoms. The van der Waals surface area contributed by atoms with Gasteiger partial charge in [-0.05, 0) is 51.8 Å². The van der Waals surface area contributed by atoms with Gasteiger partial charge in [-0.15, -0.1) is 0 Å². The summed E-state index contributed by atoms with van der Waals surface area (Å²) in [7, 11) is 0. The Balaban J connectivity index is 2.09. The van der Waals surface area contributed by atoms with Crippen LogP contribution in [0, 0.1) is 0 Å². The summed E-state index contributed by atoms with van der Waals surface area (Å²) < 4.78 is 3.20. The van der Waals surface area contributed by atoms with E-state index in [4.69, 9.17) is 4.98 Å². The number of halogens is 2. The van der Waals surface area contributed by atoms with Crippen molar-refractivity contribution in [3.05, 3.63) is 86.2 Å². The molecule has 0 aliphatic carbocycles. The van der Waals surface area contributed by atoms with Crippen LogP contribution >= 0.6 is 31.9 Å². The second-order valence-corrected chi connectivity index (χ2v) is 7.97. The fourth-order valence-electron chi connectivity index (χ4n) is 3.35. The number of aromatic nitrogens is 3. The average molecular weight is 481 g/mol. The molecule has 0 unspecified atom stereocenters. The molecule has 0 atom stereocenters. The van der Waals surface area contributed by atoms with E-state index in [1.165, 1.54) is 0 Å². The molecule has 3 heterocycles. The molecule has 0 bridgehead atoms. The minimum atomic E-state index is -0.140. The third kappa shape index (κ3) is 2.59. The first-order valence-electron chi connectivity index (χ1n) is 8.28. The molecule has 5 rings (SSSR count). The van der Waals surface area contributed by atoms with E-state index in [1.807, 2.05) is 54.6 Å². The Kier molecular flexibility index (Phi) is 3.84. The fraction of sp³-hybridized carbons (Fsp3) is 0. The van der Waals surface area contributed by atoms with E-state index in [-0.39, 0.29) is 5.56 Å². The van der Waals surface area contributed by atoms with Gasteiger partial charge in [0.15, 0.2) is 0 Å². The average Bonchev–Trinajstić information content (AvgIpc) is 2.69. The Bertz CT molecular complexity index is 1410. The molecule has 130 valence electrons. The highest BCUT2D eigenvalue weighted by Gasteiger charge is 2.16. The van der Waals surface area contributed by atoms with Crippen molar-refractivity contribution in [1.82, 2.24) is 14.4 Å². The van der Waals surface area contributed by atoms with E-state index in [0.717, 1.165) is 25.5 Å². The molecule has 5 aromatic rings. The van der Waals surface area contributed by atoms with E-state index in [0.29, 0.717) is 22.2 Å². The van der Waals surface area contributed by atoms with Crippen LogP contribution in [-0.4, -0.2) is 14.4 Å². The van der Waals surface area contributed by atoms with Gasteiger partial charge in [0.25, 0.3) is 5.56 Å². The molecule has 0 radical (unpaired) electrons. The van der Waals surface area contributed by atoms with Crippen LogP contribution in [0.5, 0.6) is 0 Å². The summed E-state index contributed by atoms with van der Waals surface area (Å²) in [6.07, 6.45) is 1.69. The quantitative estimate of drug-likeness (QED) is 0.232. The van der Waals surface area contributed by atoms with Crippen LogP contribution in [0.2, 0.25) is 0 Å². The molecule has 2 aromatic carbocycles. The van der Waals surface area contributed by atoms with Crippen molar-refractivity contribution in [3.8, 4) is 11.1 Å². The van der Waals surface area contributed by atoms with Crippen LogP contribution in [0.25, 0.3) is 38.7 Å². The second kappa shape index (κ2) is 6.25. The Morgan fingerprint density at radius 1 is 0.889 bits per heavy atom. The predicted octanol–water partition coefficient (Wildman–Crippen LogP) is 5.59. The lowest BCUT2D eigenvalue weighted by molar-refractivity contribution is 1.09. The maximum absolute atomic E-state index is 13.4. The summed E-state index contributed by atoms with van der Waals surface area (Å²) in [5.41, 5.74) is 3.58. The highest BCUT2D eigenvalue weighted by molar-refractivity contribution is 9.11. The number of fused-ring (bicyclic) bond motifs is 4. The lowest BCUT2D eigenvalue weighted by atomic mass is 10.0. The Morgan fingerprint density at radius 3 is 2.52 bits per heavy atom. The Hall–Kier alpha value is -2.57. The third-order valence-electron chi connectivity index (χ3n) is 4.55. The molecular formula is C21H11Br2N3O. The van der Waals surface area contributed by atoms with Gasteiger partial charge in [-0.2, -0.15) is 0 Å². The summed E-state index contributed by atoms with van der Waals surface area (Å²) in [4.78, 5) is 22.7. The number of pyridine rings is 2. The smallest absolute Gasteiger partial charge is 0.267 e. The van der Waals surface area contributed by atoms with Crippen LogP contribution in [0.15, 0.2) is 80.6 Å². The van der Waals surface area contributed by atoms with Gasteiger partial charge in [-0.3, -0.25) is 4.79 Å². The third-order valence-corrected chi connectivity index (χ3v) is 5.61. The summed E-state index contributed by atoms with van der Waals surface area (Å²) in [5.74, 6) is 0. The molecule has 6 heteroatoms. The molecule has 3 aromatic heterocycles. The number of nitrogens with zero attached hydrogens (tertiary/aromatic N) is 3. The topological polar surface area (TPSA) is 47.3 Å². The number of rotatable bonds is 1. The van der Waals surface area contributed by atoms with Crippen LogP contribution in [0.4, 0.5) is 0 Å². The van der Waals surface area contributed by atoms with E-state index >= 15 is 0 Å². The first kappa shape index (κ1) is 16.6. The van der Waals surface area contributed by atoms with Crippen LogP contribution in [0.1, 0.15) is 0 Å². The van der Waals surface area contributed by atoms with Crippen LogP contribution < -0.4 is 5.56 Å². The zero-order chi connectivity index (χ0) is 18.5. The van der Waals surface area contributed by atoms with Gasteiger partial charge in [-0.25, -0.2) is 14.4 Å². The molecule has 0 saturated carbocycles. The molecule has 0 N–H and O–H groups in total. The Morgan fingerprint density at radius 2 is 1.70 bits per heavy atom. The standard InChI is InChI=1S/C21H11Br2N3O/c22-14-10-16-18(17(23)11-14)25-20-15(12-5-2-1-3-6-12)9-13-7-4-8-24-19(13)26(20)21(16)27/h1-11H. The summed E-state index contributed by atoms with van der Waals surface area (Å²) in [6, 6.07) is 19.5. The highest BCUT2D eigenvalue weighted by Crippen LogP contribution is 2.31. The van der Waals surface area contributed by atoms with E-state index in [2.05, 4.69) is 36.8 Å². The van der Waals surface area contributed by atoms with E-state index in [1.54, 1.807) is 16.7 Å². The molecular weight excluding hydrogens is 470 g/mol. The normalized spacial score (nSPS) is 11.5. The van der Waals surface area contributed by atoms with Gasteiger partial charge in [-0.1, -0.05) is 46.3 Å². The summed E-state index contributed by atoms with van der Waals surface area (Å²) in [5, 5.41) is 1.42. The van der Waals surface area contributed by atoms with E-state index in [9.17, 15) is 4.79 Å². The van der Waals surface area contributed by atoms with Crippen molar-refractivity contribution >= 4 is 59.4 Å². The molecule has 0 aliphatic rings. The van der Waals surface area contributed by atoms with Crippen molar-refractivity contribution in [1.29, 1.82) is 0 Å². The van der Waals surface area contributed by atoms with Crippen molar-refractivity contribution in [2.24, 2.45) is 0 Å². The SMILES string of the molecule is O=c1c2cc(Br)cc(Br)c2nc2c(-c3ccccc3)cc3cccnc3n12. The van der Waals surface area contributed by atoms with Gasteiger partial charge < -0.3 is 0 Å². The Labute approximate surface area is 170 Å². The van der Waals surface area contributed by atoms with Crippen LogP contribution in [-0.2, 0) is 0 Å².